The molecule has 11 heavy (non-hydrogen) atoms. The van der Waals surface area contributed by atoms with Crippen LogP contribution in [0.3, 0.4) is 0 Å². The average Bonchev–Trinajstić information content (AvgIpc) is 1.84. The minimum Gasteiger partial charge on any atom is -0.481 e. The highest BCUT2D eigenvalue weighted by molar-refractivity contribution is 7.45. The lowest BCUT2D eigenvalue weighted by Gasteiger charge is -2.01. The molecule has 0 saturated heterocycles. The van der Waals surface area contributed by atoms with Crippen LogP contribution in [0.25, 0.3) is 0 Å². The molecule has 0 aliphatic carbocycles. The molecule has 0 aromatic heterocycles. The summed E-state index contributed by atoms with van der Waals surface area (Å²) in [5.41, 5.74) is 0. The second-order valence-corrected chi connectivity index (χ2v) is 5.15. The number of carboxylic acids is 1. The Balaban J connectivity index is 3.92. The third-order valence-electron chi connectivity index (χ3n) is 0.920. The fourth-order valence-corrected chi connectivity index (χ4v) is 0.845. The Kier molecular flexibility index (Phi) is 4.26. The number of carboxylic acid groups (broad SMARTS) is 1. The summed E-state index contributed by atoms with van der Waals surface area (Å²) < 4.78 is 8.49. The van der Waals surface area contributed by atoms with Crippen molar-refractivity contribution in [3.05, 3.63) is 0 Å². The predicted molar refractivity (Wildman–Crippen MR) is 41.1 cm³/mol. The maximum absolute atomic E-state index is 10.3. The van der Waals surface area contributed by atoms with Crippen LogP contribution in [0, 0.1) is 0 Å². The predicted octanol–water partition coefficient (Wildman–Crippen LogP) is 1.72. The van der Waals surface area contributed by atoms with E-state index in [1.54, 1.807) is 0 Å². The lowest BCUT2D eigenvalue weighted by molar-refractivity contribution is -0.137. The van der Waals surface area contributed by atoms with Crippen LogP contribution < -0.4 is 0 Å². The summed E-state index contributed by atoms with van der Waals surface area (Å²) in [7, 11) is -2.76. The first-order chi connectivity index (χ1) is 4.86. The Morgan fingerprint density at radius 2 is 2.00 bits per heavy atom. The summed E-state index contributed by atoms with van der Waals surface area (Å²) in [5.74, 6) is -1.10. The number of rotatable bonds is 4. The number of hydrogen-bond donors (Lipinski definition) is 2. The summed E-state index contributed by atoms with van der Waals surface area (Å²) >= 11 is 10.6. The van der Waals surface area contributed by atoms with Gasteiger partial charge in [-0.15, -0.1) is 0 Å². The number of aliphatic carboxylic acids is 1. The molecule has 0 spiro atoms. The van der Waals surface area contributed by atoms with Gasteiger partial charge in [0.1, 0.15) is 0 Å². The van der Waals surface area contributed by atoms with E-state index >= 15 is 0 Å². The van der Waals surface area contributed by atoms with Gasteiger partial charge < -0.3 is 5.11 Å². The van der Waals surface area contributed by atoms with Crippen LogP contribution in [0.2, 0.25) is 0 Å². The van der Waals surface area contributed by atoms with Crippen molar-refractivity contribution in [3.63, 3.8) is 0 Å². The molecular formula is C4H6Cl2O4P+. The molecule has 2 N–H and O–H groups in total. The van der Waals surface area contributed by atoms with Crippen molar-refractivity contribution in [2.24, 2.45) is 0 Å². The van der Waals surface area contributed by atoms with Crippen LogP contribution in [0.4, 0.5) is 0 Å². The van der Waals surface area contributed by atoms with Crippen LogP contribution in [0.5, 0.6) is 0 Å². The highest BCUT2D eigenvalue weighted by Crippen LogP contribution is 2.46. The molecule has 4 nitrogen and oxygen atoms in total. The Morgan fingerprint density at radius 1 is 1.55 bits per heavy atom. The summed E-state index contributed by atoms with van der Waals surface area (Å²) in [6.45, 7) is 0. The van der Waals surface area contributed by atoms with Crippen molar-refractivity contribution in [1.82, 2.24) is 0 Å². The van der Waals surface area contributed by atoms with Crippen molar-refractivity contribution in [2.75, 3.05) is 0 Å². The van der Waals surface area contributed by atoms with E-state index in [9.17, 15) is 9.36 Å². The fraction of sp³-hybridized carbons (Fsp3) is 0.750. The Bertz CT molecular complexity index is 181. The monoisotopic (exact) mass is 219 g/mol. The first-order valence-corrected chi connectivity index (χ1v) is 4.59. The van der Waals surface area contributed by atoms with Crippen molar-refractivity contribution < 1.29 is 19.4 Å². The lowest BCUT2D eigenvalue weighted by atomic mass is 10.3. The molecule has 1 unspecified atom stereocenters. The van der Waals surface area contributed by atoms with Crippen LogP contribution in [0.15, 0.2) is 0 Å². The minimum atomic E-state index is -2.76. The lowest BCUT2D eigenvalue weighted by Crippen LogP contribution is -2.09. The molecule has 0 bridgehead atoms. The van der Waals surface area contributed by atoms with Gasteiger partial charge in [0.05, 0.1) is 6.42 Å². The summed E-state index contributed by atoms with van der Waals surface area (Å²) in [5, 5.41) is 8.16. The second-order valence-electron chi connectivity index (χ2n) is 1.83. The molecule has 0 aromatic carbocycles. The fourth-order valence-electron chi connectivity index (χ4n) is 0.353. The normalized spacial score (nSPS) is 12.8. The van der Waals surface area contributed by atoms with E-state index in [1.165, 1.54) is 0 Å². The second kappa shape index (κ2) is 4.21. The zero-order valence-corrected chi connectivity index (χ0v) is 7.73. The van der Waals surface area contributed by atoms with E-state index in [4.69, 9.17) is 33.2 Å². The van der Waals surface area contributed by atoms with Gasteiger partial charge in [-0.25, -0.2) is 0 Å². The van der Waals surface area contributed by atoms with Gasteiger partial charge in [0, 0.05) is 6.42 Å². The smallest absolute Gasteiger partial charge is 0.481 e. The standard InChI is InChI=1S/C4H5Cl2O4P/c5-4(6,11(9)10)2-1-3(7)8/h1-2H2,(H-,7,8,9,10)/p+1. The molecular weight excluding hydrogens is 214 g/mol. The van der Waals surface area contributed by atoms with Gasteiger partial charge in [0.25, 0.3) is 0 Å². The van der Waals surface area contributed by atoms with Crippen LogP contribution in [-0.2, 0) is 9.36 Å². The molecule has 1 atom stereocenters. The van der Waals surface area contributed by atoms with E-state index in [0.29, 0.717) is 0 Å². The Morgan fingerprint density at radius 3 is 2.27 bits per heavy atom. The van der Waals surface area contributed by atoms with Crippen LogP contribution >= 0.6 is 31.2 Å². The first-order valence-electron chi connectivity index (χ1n) is 2.62. The molecule has 0 amide bonds. The number of alkyl halides is 2. The quantitative estimate of drug-likeness (QED) is 0.558. The topological polar surface area (TPSA) is 74.6 Å². The molecule has 7 heteroatoms. The largest absolute Gasteiger partial charge is 0.545 e. The molecule has 0 heterocycles. The zero-order chi connectivity index (χ0) is 9.07. The zero-order valence-electron chi connectivity index (χ0n) is 5.33. The highest BCUT2D eigenvalue weighted by Gasteiger charge is 2.45. The Labute approximate surface area is 74.0 Å². The molecule has 64 valence electrons. The van der Waals surface area contributed by atoms with Crippen molar-refractivity contribution in [3.8, 4) is 0 Å². The van der Waals surface area contributed by atoms with E-state index in [-0.39, 0.29) is 12.8 Å². The molecule has 0 aliphatic rings. The van der Waals surface area contributed by atoms with Gasteiger partial charge >= 0.3 is 18.1 Å². The van der Waals surface area contributed by atoms with Crippen molar-refractivity contribution in [1.29, 1.82) is 0 Å². The minimum absolute atomic E-state index is 0.239. The number of hydrogen-bond acceptors (Lipinski definition) is 2. The average molecular weight is 220 g/mol. The molecule has 0 aromatic rings. The number of carbonyl (C=O) groups is 1. The molecule has 0 saturated carbocycles. The third-order valence-corrected chi connectivity index (χ3v) is 2.95. The van der Waals surface area contributed by atoms with E-state index in [2.05, 4.69) is 0 Å². The SMILES string of the molecule is O=C(O)CCC(Cl)(Cl)[P+](=O)O. The third kappa shape index (κ3) is 4.53. The van der Waals surface area contributed by atoms with Gasteiger partial charge in [-0.05, 0) is 27.8 Å². The van der Waals surface area contributed by atoms with Crippen molar-refractivity contribution in [2.45, 2.75) is 16.9 Å². The first kappa shape index (κ1) is 11.1. The molecule has 0 rings (SSSR count). The molecule has 0 fully saturated rings. The number of halogens is 2. The summed E-state index contributed by atoms with van der Waals surface area (Å²) in [6, 6.07) is 0. The van der Waals surface area contributed by atoms with E-state index < -0.39 is 18.1 Å². The van der Waals surface area contributed by atoms with E-state index in [0.717, 1.165) is 0 Å². The van der Waals surface area contributed by atoms with Crippen LogP contribution in [-0.4, -0.2) is 20.0 Å². The Hall–Kier alpha value is 0.110. The van der Waals surface area contributed by atoms with Gasteiger partial charge in [0.15, 0.2) is 0 Å². The van der Waals surface area contributed by atoms with Gasteiger partial charge in [-0.2, -0.15) is 4.89 Å². The highest BCUT2D eigenvalue weighted by atomic mass is 35.5. The molecule has 0 aliphatic heterocycles. The van der Waals surface area contributed by atoms with Crippen LogP contribution in [0.1, 0.15) is 12.8 Å². The maximum atomic E-state index is 10.3. The van der Waals surface area contributed by atoms with Gasteiger partial charge in [-0.1, -0.05) is 0 Å². The maximum Gasteiger partial charge on any atom is 0.545 e. The van der Waals surface area contributed by atoms with Crippen molar-refractivity contribution >= 4 is 37.2 Å². The van der Waals surface area contributed by atoms with E-state index in [1.807, 2.05) is 0 Å². The summed E-state index contributed by atoms with van der Waals surface area (Å²) in [4.78, 5) is 18.4. The summed E-state index contributed by atoms with van der Waals surface area (Å²) in [6.07, 6.45) is -0.564. The van der Waals surface area contributed by atoms with Gasteiger partial charge in [-0.3, -0.25) is 4.79 Å². The molecule has 0 radical (unpaired) electrons. The van der Waals surface area contributed by atoms with Gasteiger partial charge in [0.2, 0.25) is 0 Å².